The molecule has 3 aliphatic heterocycles. The van der Waals surface area contributed by atoms with Crippen molar-refractivity contribution in [2.45, 2.75) is 50.5 Å². The van der Waals surface area contributed by atoms with Crippen LogP contribution in [0.15, 0.2) is 23.0 Å². The van der Waals surface area contributed by atoms with E-state index >= 15 is 0 Å². The van der Waals surface area contributed by atoms with Crippen LogP contribution in [-0.2, 0) is 11.3 Å². The van der Waals surface area contributed by atoms with Gasteiger partial charge >= 0.3 is 0 Å². The van der Waals surface area contributed by atoms with Crippen molar-refractivity contribution < 1.29 is 19.3 Å². The molecule has 0 aliphatic carbocycles. The number of rotatable bonds is 5. The lowest BCUT2D eigenvalue weighted by Crippen LogP contribution is -2.42. The van der Waals surface area contributed by atoms with E-state index < -0.39 is 6.04 Å². The molecule has 0 spiro atoms. The standard InChI is InChI=1S/C22H26N6O5/c29-14-3-5-27(6-4-14)20(21-24-25-26-28(21)11-15-2-1-7-31-15)16-8-13-9-18-19(33-12-32-18)10-17(13)23-22(16)30/h8-10,14-15,20,29H,1-7,11-12H2,(H,23,30)/t15-,20-/m1/s1. The molecular weight excluding hydrogens is 428 g/mol. The van der Waals surface area contributed by atoms with Gasteiger partial charge in [0.1, 0.15) is 6.04 Å². The third kappa shape index (κ3) is 3.85. The molecule has 5 heterocycles. The molecule has 11 heteroatoms. The Balaban J connectivity index is 1.44. The summed E-state index contributed by atoms with van der Waals surface area (Å²) in [5.74, 6) is 1.88. The molecule has 3 aliphatic rings. The second-order valence-corrected chi connectivity index (χ2v) is 8.87. The van der Waals surface area contributed by atoms with E-state index in [2.05, 4.69) is 25.4 Å². The Morgan fingerprint density at radius 1 is 1.15 bits per heavy atom. The van der Waals surface area contributed by atoms with Crippen LogP contribution in [0.2, 0.25) is 0 Å². The van der Waals surface area contributed by atoms with Gasteiger partial charge in [-0.25, -0.2) is 4.68 Å². The van der Waals surface area contributed by atoms with Crippen molar-refractivity contribution in [2.75, 3.05) is 26.5 Å². The van der Waals surface area contributed by atoms with Crippen LogP contribution in [0, 0.1) is 0 Å². The summed E-state index contributed by atoms with van der Waals surface area (Å²) in [5, 5.41) is 23.4. The van der Waals surface area contributed by atoms with Gasteiger partial charge in [-0.2, -0.15) is 0 Å². The molecule has 2 atom stereocenters. The monoisotopic (exact) mass is 454 g/mol. The number of nitrogens with one attached hydrogen (secondary N) is 1. The van der Waals surface area contributed by atoms with Gasteiger partial charge in [0.25, 0.3) is 5.56 Å². The fourth-order valence-electron chi connectivity index (χ4n) is 4.98. The average Bonchev–Trinajstić information content (AvgIpc) is 3.57. The Labute approximate surface area is 189 Å². The number of ether oxygens (including phenoxy) is 3. The fraction of sp³-hybridized carbons (Fsp3) is 0.545. The van der Waals surface area contributed by atoms with Crippen LogP contribution in [-0.4, -0.2) is 73.9 Å². The van der Waals surface area contributed by atoms with Crippen molar-refractivity contribution in [3.05, 3.63) is 39.9 Å². The zero-order chi connectivity index (χ0) is 22.4. The van der Waals surface area contributed by atoms with Gasteiger partial charge < -0.3 is 24.3 Å². The molecule has 1 aromatic carbocycles. The number of aromatic amines is 1. The number of tetrazole rings is 1. The molecule has 0 unspecified atom stereocenters. The van der Waals surface area contributed by atoms with Crippen molar-refractivity contribution in [3.63, 3.8) is 0 Å². The second kappa shape index (κ2) is 8.40. The van der Waals surface area contributed by atoms with Crippen LogP contribution in [0.1, 0.15) is 43.1 Å². The quantitative estimate of drug-likeness (QED) is 0.579. The molecule has 0 saturated carbocycles. The maximum atomic E-state index is 13.3. The first-order valence-corrected chi connectivity index (χ1v) is 11.4. The molecule has 2 fully saturated rings. The summed E-state index contributed by atoms with van der Waals surface area (Å²) in [6.07, 6.45) is 2.98. The summed E-state index contributed by atoms with van der Waals surface area (Å²) < 4.78 is 18.5. The number of H-pyrrole nitrogens is 1. The minimum absolute atomic E-state index is 0.0608. The number of fused-ring (bicyclic) bond motifs is 2. The highest BCUT2D eigenvalue weighted by molar-refractivity contribution is 5.83. The van der Waals surface area contributed by atoms with E-state index in [4.69, 9.17) is 14.2 Å². The first kappa shape index (κ1) is 20.6. The van der Waals surface area contributed by atoms with E-state index in [1.807, 2.05) is 12.1 Å². The number of aliphatic hydroxyl groups is 1. The van der Waals surface area contributed by atoms with Crippen LogP contribution in [0.3, 0.4) is 0 Å². The number of aliphatic hydroxyl groups excluding tert-OH is 1. The summed E-state index contributed by atoms with van der Waals surface area (Å²) in [4.78, 5) is 18.5. The van der Waals surface area contributed by atoms with E-state index in [1.54, 1.807) is 10.7 Å². The van der Waals surface area contributed by atoms with Gasteiger partial charge in [0.05, 0.1) is 24.3 Å². The van der Waals surface area contributed by atoms with E-state index in [1.165, 1.54) is 0 Å². The minimum Gasteiger partial charge on any atom is -0.454 e. The maximum Gasteiger partial charge on any atom is 0.253 e. The van der Waals surface area contributed by atoms with E-state index in [-0.39, 0.29) is 24.6 Å². The molecule has 6 rings (SSSR count). The molecule has 0 radical (unpaired) electrons. The molecule has 3 aromatic rings. The second-order valence-electron chi connectivity index (χ2n) is 8.87. The third-order valence-electron chi connectivity index (χ3n) is 6.73. The molecule has 2 saturated heterocycles. The number of piperidine rings is 1. The molecule has 0 bridgehead atoms. The number of aromatic nitrogens is 5. The Kier molecular flexibility index (Phi) is 5.24. The lowest BCUT2D eigenvalue weighted by molar-refractivity contribution is 0.0632. The summed E-state index contributed by atoms with van der Waals surface area (Å²) in [6, 6.07) is 5.10. The summed E-state index contributed by atoms with van der Waals surface area (Å²) in [5.41, 5.74) is 1.03. The normalized spacial score (nSPS) is 22.3. The number of hydrogen-bond acceptors (Lipinski definition) is 9. The smallest absolute Gasteiger partial charge is 0.253 e. The van der Waals surface area contributed by atoms with Crippen LogP contribution >= 0.6 is 0 Å². The summed E-state index contributed by atoms with van der Waals surface area (Å²) >= 11 is 0. The van der Waals surface area contributed by atoms with Crippen LogP contribution < -0.4 is 15.0 Å². The van der Waals surface area contributed by atoms with Gasteiger partial charge in [0.2, 0.25) is 6.79 Å². The highest BCUT2D eigenvalue weighted by atomic mass is 16.7. The lowest BCUT2D eigenvalue weighted by Gasteiger charge is -2.35. The van der Waals surface area contributed by atoms with Gasteiger partial charge in [-0.3, -0.25) is 9.69 Å². The Hall–Kier alpha value is -3.02. The van der Waals surface area contributed by atoms with Crippen LogP contribution in [0.25, 0.3) is 10.9 Å². The van der Waals surface area contributed by atoms with Crippen LogP contribution in [0.4, 0.5) is 0 Å². The fourth-order valence-corrected chi connectivity index (χ4v) is 4.98. The van der Waals surface area contributed by atoms with E-state index in [0.29, 0.717) is 60.9 Å². The van der Waals surface area contributed by atoms with Crippen molar-refractivity contribution in [1.29, 1.82) is 0 Å². The molecule has 174 valence electrons. The number of likely N-dealkylation sites (tertiary alicyclic amines) is 1. The predicted octanol–water partition coefficient (Wildman–Crippen LogP) is 0.968. The molecular formula is C22H26N6O5. The Bertz CT molecular complexity index is 1210. The first-order valence-electron chi connectivity index (χ1n) is 11.4. The highest BCUT2D eigenvalue weighted by Crippen LogP contribution is 2.36. The van der Waals surface area contributed by atoms with Crippen molar-refractivity contribution >= 4 is 10.9 Å². The first-order chi connectivity index (χ1) is 16.2. The average molecular weight is 454 g/mol. The largest absolute Gasteiger partial charge is 0.454 e. The van der Waals surface area contributed by atoms with Gasteiger partial charge in [-0.15, -0.1) is 5.10 Å². The summed E-state index contributed by atoms with van der Waals surface area (Å²) in [6.45, 7) is 2.73. The van der Waals surface area contributed by atoms with Gasteiger partial charge in [-0.1, -0.05) is 0 Å². The molecule has 0 amide bonds. The highest BCUT2D eigenvalue weighted by Gasteiger charge is 2.33. The predicted molar refractivity (Wildman–Crippen MR) is 116 cm³/mol. The topological polar surface area (TPSA) is 128 Å². The third-order valence-corrected chi connectivity index (χ3v) is 6.73. The van der Waals surface area contributed by atoms with Gasteiger partial charge in [0.15, 0.2) is 17.3 Å². The lowest BCUT2D eigenvalue weighted by atomic mass is 9.99. The zero-order valence-corrected chi connectivity index (χ0v) is 18.1. The summed E-state index contributed by atoms with van der Waals surface area (Å²) in [7, 11) is 0. The van der Waals surface area contributed by atoms with Crippen molar-refractivity contribution in [2.24, 2.45) is 0 Å². The number of pyridine rings is 1. The number of benzene rings is 1. The van der Waals surface area contributed by atoms with Crippen molar-refractivity contribution in [1.82, 2.24) is 30.1 Å². The van der Waals surface area contributed by atoms with Gasteiger partial charge in [0, 0.05) is 36.7 Å². The SMILES string of the molecule is O=c1[nH]c2cc3c(cc2cc1[C@H](c1nnnn1C[C@H]1CCCO1)N1CCC(O)CC1)OCO3. The van der Waals surface area contributed by atoms with Gasteiger partial charge in [-0.05, 0) is 48.2 Å². The molecule has 2 N–H and O–H groups in total. The molecule has 2 aromatic heterocycles. The number of hydrogen-bond donors (Lipinski definition) is 2. The Morgan fingerprint density at radius 3 is 2.76 bits per heavy atom. The van der Waals surface area contributed by atoms with E-state index in [9.17, 15) is 9.90 Å². The molecule has 11 nitrogen and oxygen atoms in total. The van der Waals surface area contributed by atoms with E-state index in [0.717, 1.165) is 24.8 Å². The minimum atomic E-state index is -0.451. The number of nitrogens with zero attached hydrogens (tertiary/aromatic N) is 5. The van der Waals surface area contributed by atoms with Crippen molar-refractivity contribution in [3.8, 4) is 11.5 Å². The zero-order valence-electron chi connectivity index (χ0n) is 18.1. The molecule has 33 heavy (non-hydrogen) atoms. The Morgan fingerprint density at radius 2 is 1.97 bits per heavy atom. The van der Waals surface area contributed by atoms with Crippen LogP contribution in [0.5, 0.6) is 11.5 Å². The maximum absolute atomic E-state index is 13.3.